The molecule has 1 aliphatic rings. The monoisotopic (exact) mass is 568 g/mol. The summed E-state index contributed by atoms with van der Waals surface area (Å²) in [5, 5.41) is 2.23. The van der Waals surface area contributed by atoms with Crippen LogP contribution >= 0.6 is 22.6 Å². The first-order valence-corrected chi connectivity index (χ1v) is 11.5. The molecule has 4 amide bonds. The number of anilines is 1. The third-order valence-electron chi connectivity index (χ3n) is 5.20. The fourth-order valence-corrected chi connectivity index (χ4v) is 3.75. The number of imide groups is 2. The number of amides is 4. The molecule has 1 fully saturated rings. The Morgan fingerprint density at radius 2 is 1.65 bits per heavy atom. The highest BCUT2D eigenvalue weighted by molar-refractivity contribution is 14.1. The summed E-state index contributed by atoms with van der Waals surface area (Å²) in [6, 6.07) is 19.2. The van der Waals surface area contributed by atoms with Crippen LogP contribution in [0.1, 0.15) is 16.7 Å². The van der Waals surface area contributed by atoms with Gasteiger partial charge in [0.1, 0.15) is 12.2 Å². The van der Waals surface area contributed by atoms with Crippen molar-refractivity contribution in [2.24, 2.45) is 0 Å². The van der Waals surface area contributed by atoms with E-state index in [1.54, 1.807) is 42.5 Å². The molecular weight excluding hydrogens is 547 g/mol. The van der Waals surface area contributed by atoms with Gasteiger partial charge < -0.3 is 9.47 Å². The molecule has 1 heterocycles. The van der Waals surface area contributed by atoms with Crippen molar-refractivity contribution in [3.05, 3.63) is 92.6 Å². The lowest BCUT2D eigenvalue weighted by Gasteiger charge is -2.26. The summed E-state index contributed by atoms with van der Waals surface area (Å²) in [5.41, 5.74) is 2.77. The van der Waals surface area contributed by atoms with Crippen LogP contribution in [-0.4, -0.2) is 25.0 Å². The van der Waals surface area contributed by atoms with Crippen LogP contribution in [0.25, 0.3) is 6.08 Å². The molecule has 1 saturated heterocycles. The van der Waals surface area contributed by atoms with E-state index in [-0.39, 0.29) is 5.57 Å². The van der Waals surface area contributed by atoms with Crippen molar-refractivity contribution < 1.29 is 23.9 Å². The molecule has 172 valence electrons. The Balaban J connectivity index is 1.58. The fourth-order valence-electron chi connectivity index (χ4n) is 3.39. The van der Waals surface area contributed by atoms with Gasteiger partial charge in [-0.05, 0) is 83.1 Å². The predicted molar refractivity (Wildman–Crippen MR) is 137 cm³/mol. The minimum Gasteiger partial charge on any atom is -0.493 e. The standard InChI is InChI=1S/C26H21IN2O5/c1-16-3-10-20(11-4-16)29-25(31)21(24(30)28-26(29)32)13-18-7-12-22(23(14-18)33-2)34-15-17-5-8-19(27)9-6-17/h3-14H,15H2,1-2H3,(H,28,30,32)/b21-13+. The van der Waals surface area contributed by atoms with E-state index in [0.29, 0.717) is 29.4 Å². The van der Waals surface area contributed by atoms with Gasteiger partial charge in [0.2, 0.25) is 0 Å². The minimum atomic E-state index is -0.784. The molecule has 1 aliphatic heterocycles. The molecule has 0 unspecified atom stereocenters. The zero-order valence-corrected chi connectivity index (χ0v) is 20.7. The molecule has 3 aromatic carbocycles. The minimum absolute atomic E-state index is 0.158. The maximum Gasteiger partial charge on any atom is 0.335 e. The molecule has 0 aromatic heterocycles. The van der Waals surface area contributed by atoms with Crippen molar-refractivity contribution in [2.45, 2.75) is 13.5 Å². The molecule has 0 radical (unpaired) electrons. The van der Waals surface area contributed by atoms with Crippen LogP contribution in [0.5, 0.6) is 11.5 Å². The molecule has 8 heteroatoms. The third kappa shape index (κ3) is 5.12. The van der Waals surface area contributed by atoms with Crippen LogP contribution in [0, 0.1) is 10.5 Å². The van der Waals surface area contributed by atoms with Gasteiger partial charge in [0.05, 0.1) is 12.8 Å². The lowest BCUT2D eigenvalue weighted by Crippen LogP contribution is -2.54. The summed E-state index contributed by atoms with van der Waals surface area (Å²) in [7, 11) is 1.51. The van der Waals surface area contributed by atoms with Crippen LogP contribution in [0.2, 0.25) is 0 Å². The number of hydrogen-bond donors (Lipinski definition) is 1. The van der Waals surface area contributed by atoms with E-state index in [0.717, 1.165) is 19.6 Å². The third-order valence-corrected chi connectivity index (χ3v) is 5.92. The number of rotatable bonds is 6. The van der Waals surface area contributed by atoms with E-state index in [4.69, 9.17) is 9.47 Å². The van der Waals surface area contributed by atoms with Gasteiger partial charge in [0.25, 0.3) is 11.8 Å². The van der Waals surface area contributed by atoms with E-state index < -0.39 is 17.8 Å². The summed E-state index contributed by atoms with van der Waals surface area (Å²) >= 11 is 2.24. The van der Waals surface area contributed by atoms with Gasteiger partial charge in [-0.3, -0.25) is 14.9 Å². The van der Waals surface area contributed by atoms with Gasteiger partial charge in [-0.25, -0.2) is 9.69 Å². The summed E-state index contributed by atoms with van der Waals surface area (Å²) < 4.78 is 12.5. The van der Waals surface area contributed by atoms with Crippen molar-refractivity contribution in [3.8, 4) is 11.5 Å². The Kier molecular flexibility index (Phi) is 6.97. The lowest BCUT2D eigenvalue weighted by molar-refractivity contribution is -0.122. The number of methoxy groups -OCH3 is 1. The number of carbonyl (C=O) groups is 3. The molecule has 4 rings (SSSR count). The molecule has 0 saturated carbocycles. The average Bonchev–Trinajstić information content (AvgIpc) is 2.83. The number of aryl methyl sites for hydroxylation is 1. The second-order valence-corrected chi connectivity index (χ2v) is 8.86. The van der Waals surface area contributed by atoms with Gasteiger partial charge >= 0.3 is 6.03 Å². The molecule has 3 aromatic rings. The van der Waals surface area contributed by atoms with Crippen LogP contribution in [0.4, 0.5) is 10.5 Å². The number of halogens is 1. The van der Waals surface area contributed by atoms with Gasteiger partial charge in [0.15, 0.2) is 11.5 Å². The van der Waals surface area contributed by atoms with E-state index in [1.165, 1.54) is 13.2 Å². The van der Waals surface area contributed by atoms with Crippen LogP contribution < -0.4 is 19.7 Å². The smallest absolute Gasteiger partial charge is 0.335 e. The number of barbiturate groups is 1. The van der Waals surface area contributed by atoms with Gasteiger partial charge in [-0.1, -0.05) is 35.9 Å². The van der Waals surface area contributed by atoms with Crippen molar-refractivity contribution in [1.82, 2.24) is 5.32 Å². The van der Waals surface area contributed by atoms with Crippen molar-refractivity contribution in [2.75, 3.05) is 12.0 Å². The summed E-state index contributed by atoms with van der Waals surface area (Å²) in [4.78, 5) is 38.8. The number of nitrogens with zero attached hydrogens (tertiary/aromatic N) is 1. The van der Waals surface area contributed by atoms with E-state index in [1.807, 2.05) is 31.2 Å². The zero-order valence-electron chi connectivity index (χ0n) is 18.5. The molecule has 0 spiro atoms. The molecule has 1 N–H and O–H groups in total. The Morgan fingerprint density at radius 1 is 0.941 bits per heavy atom. The first-order chi connectivity index (χ1) is 16.4. The quantitative estimate of drug-likeness (QED) is 0.261. The Labute approximate surface area is 210 Å². The van der Waals surface area contributed by atoms with Crippen molar-refractivity contribution in [1.29, 1.82) is 0 Å². The molecule has 7 nitrogen and oxygen atoms in total. The number of hydrogen-bond acceptors (Lipinski definition) is 5. The number of ether oxygens (including phenoxy) is 2. The highest BCUT2D eigenvalue weighted by Gasteiger charge is 2.36. The van der Waals surface area contributed by atoms with Crippen molar-refractivity contribution >= 4 is 52.2 Å². The molecule has 34 heavy (non-hydrogen) atoms. The van der Waals surface area contributed by atoms with E-state index >= 15 is 0 Å². The molecule has 0 bridgehead atoms. The number of nitrogens with one attached hydrogen (secondary N) is 1. The predicted octanol–water partition coefficient (Wildman–Crippen LogP) is 4.85. The number of carbonyl (C=O) groups excluding carboxylic acids is 3. The maximum absolute atomic E-state index is 13.1. The van der Waals surface area contributed by atoms with Crippen LogP contribution in [0.15, 0.2) is 72.3 Å². The highest BCUT2D eigenvalue weighted by atomic mass is 127. The number of urea groups is 1. The zero-order chi connectivity index (χ0) is 24.2. The van der Waals surface area contributed by atoms with Gasteiger partial charge in [0, 0.05) is 3.57 Å². The second-order valence-electron chi connectivity index (χ2n) is 7.62. The molecule has 0 atom stereocenters. The van der Waals surface area contributed by atoms with E-state index in [9.17, 15) is 14.4 Å². The highest BCUT2D eigenvalue weighted by Crippen LogP contribution is 2.30. The largest absolute Gasteiger partial charge is 0.493 e. The summed E-state index contributed by atoms with van der Waals surface area (Å²) in [6.07, 6.45) is 1.43. The van der Waals surface area contributed by atoms with Crippen LogP contribution in [-0.2, 0) is 16.2 Å². The normalized spacial score (nSPS) is 14.9. The first-order valence-electron chi connectivity index (χ1n) is 10.4. The lowest BCUT2D eigenvalue weighted by atomic mass is 10.1. The first kappa shape index (κ1) is 23.5. The summed E-state index contributed by atoms with van der Waals surface area (Å²) in [5.74, 6) is -0.471. The maximum atomic E-state index is 13.1. The number of benzene rings is 3. The Bertz CT molecular complexity index is 1280. The Morgan fingerprint density at radius 3 is 2.32 bits per heavy atom. The van der Waals surface area contributed by atoms with E-state index in [2.05, 4.69) is 27.9 Å². The van der Waals surface area contributed by atoms with Gasteiger partial charge in [-0.2, -0.15) is 0 Å². The topological polar surface area (TPSA) is 84.9 Å². The van der Waals surface area contributed by atoms with Gasteiger partial charge in [-0.15, -0.1) is 0 Å². The molecular formula is C26H21IN2O5. The van der Waals surface area contributed by atoms with Crippen molar-refractivity contribution in [3.63, 3.8) is 0 Å². The second kappa shape index (κ2) is 10.1. The summed E-state index contributed by atoms with van der Waals surface area (Å²) in [6.45, 7) is 2.26. The fraction of sp³-hybridized carbons (Fsp3) is 0.115. The average molecular weight is 568 g/mol. The Hall–Kier alpha value is -3.66. The van der Waals surface area contributed by atoms with Crippen LogP contribution in [0.3, 0.4) is 0 Å². The SMILES string of the molecule is COc1cc(/C=C2\C(=O)NC(=O)N(c3ccc(C)cc3)C2=O)ccc1OCc1ccc(I)cc1. The molecule has 0 aliphatic carbocycles.